The van der Waals surface area contributed by atoms with E-state index in [1.807, 2.05) is 24.3 Å². The van der Waals surface area contributed by atoms with Crippen molar-refractivity contribution in [2.45, 2.75) is 17.7 Å². The third kappa shape index (κ3) is 3.58. The summed E-state index contributed by atoms with van der Waals surface area (Å²) in [5.74, 6) is -0.150. The molecular formula is C23H22N4O3S. The average molecular weight is 435 g/mol. The van der Waals surface area contributed by atoms with Gasteiger partial charge in [-0.05, 0) is 49.0 Å². The van der Waals surface area contributed by atoms with E-state index in [9.17, 15) is 13.2 Å². The van der Waals surface area contributed by atoms with E-state index < -0.39 is 10.0 Å². The summed E-state index contributed by atoms with van der Waals surface area (Å²) < 4.78 is 28.1. The van der Waals surface area contributed by atoms with Crippen LogP contribution in [0.1, 0.15) is 12.8 Å². The van der Waals surface area contributed by atoms with Crippen molar-refractivity contribution >= 4 is 43.3 Å². The van der Waals surface area contributed by atoms with E-state index in [2.05, 4.69) is 15.7 Å². The van der Waals surface area contributed by atoms with Crippen LogP contribution in [0.2, 0.25) is 0 Å². The lowest BCUT2D eigenvalue weighted by molar-refractivity contribution is -0.120. The molecule has 5 rings (SSSR count). The molecule has 1 amide bonds. The van der Waals surface area contributed by atoms with E-state index in [1.54, 1.807) is 36.4 Å². The molecule has 31 heavy (non-hydrogen) atoms. The molecule has 0 bridgehead atoms. The highest BCUT2D eigenvalue weighted by molar-refractivity contribution is 7.90. The lowest BCUT2D eigenvalue weighted by Gasteiger charge is -2.21. The Bertz CT molecular complexity index is 1380. The van der Waals surface area contributed by atoms with Crippen molar-refractivity contribution in [3.63, 3.8) is 0 Å². The van der Waals surface area contributed by atoms with Crippen LogP contribution >= 0.6 is 0 Å². The fourth-order valence-corrected chi connectivity index (χ4v) is 5.59. The molecule has 0 unspecified atom stereocenters. The van der Waals surface area contributed by atoms with Gasteiger partial charge in [0, 0.05) is 23.0 Å². The molecule has 0 aliphatic carbocycles. The number of nitrogens with one attached hydrogen (secondary N) is 2. The second-order valence-electron chi connectivity index (χ2n) is 7.78. The summed E-state index contributed by atoms with van der Waals surface area (Å²) >= 11 is 0. The lowest BCUT2D eigenvalue weighted by Crippen LogP contribution is -2.37. The van der Waals surface area contributed by atoms with Crippen molar-refractivity contribution in [2.24, 2.45) is 5.92 Å². The van der Waals surface area contributed by atoms with Gasteiger partial charge in [0.25, 0.3) is 10.0 Å². The van der Waals surface area contributed by atoms with Crippen molar-refractivity contribution in [3.05, 3.63) is 66.9 Å². The molecule has 0 spiro atoms. The average Bonchev–Trinajstić information content (AvgIpc) is 3.23. The number of amides is 1. The Morgan fingerprint density at radius 1 is 1.06 bits per heavy atom. The van der Waals surface area contributed by atoms with Gasteiger partial charge in [0.05, 0.1) is 22.5 Å². The first-order chi connectivity index (χ1) is 15.0. The number of carbonyl (C=O) groups is 1. The molecule has 2 heterocycles. The van der Waals surface area contributed by atoms with Crippen LogP contribution in [0.25, 0.3) is 21.7 Å². The Balaban J connectivity index is 1.54. The smallest absolute Gasteiger partial charge is 0.284 e. The summed E-state index contributed by atoms with van der Waals surface area (Å²) in [6.45, 7) is 1.59. The Morgan fingerprint density at radius 3 is 2.74 bits per heavy atom. The highest BCUT2D eigenvalue weighted by atomic mass is 32.2. The molecule has 158 valence electrons. The summed E-state index contributed by atoms with van der Waals surface area (Å²) in [6.07, 6.45) is 3.33. The van der Waals surface area contributed by atoms with E-state index in [4.69, 9.17) is 0 Å². The topological polar surface area (TPSA) is 93.1 Å². The van der Waals surface area contributed by atoms with Gasteiger partial charge >= 0.3 is 0 Å². The van der Waals surface area contributed by atoms with E-state index in [0.717, 1.165) is 28.9 Å². The molecule has 2 N–H and O–H groups in total. The zero-order valence-electron chi connectivity index (χ0n) is 16.8. The van der Waals surface area contributed by atoms with Gasteiger partial charge in [-0.25, -0.2) is 0 Å². The highest BCUT2D eigenvalue weighted by Crippen LogP contribution is 2.28. The molecule has 3 aromatic carbocycles. The molecule has 1 aliphatic heterocycles. The molecule has 1 atom stereocenters. The largest absolute Gasteiger partial charge is 0.326 e. The van der Waals surface area contributed by atoms with Crippen LogP contribution in [0.5, 0.6) is 0 Å². The van der Waals surface area contributed by atoms with Crippen molar-refractivity contribution in [1.82, 2.24) is 14.5 Å². The molecule has 1 aliphatic rings. The highest BCUT2D eigenvalue weighted by Gasteiger charge is 2.24. The van der Waals surface area contributed by atoms with E-state index in [-0.39, 0.29) is 16.7 Å². The maximum atomic E-state index is 13.5. The van der Waals surface area contributed by atoms with E-state index >= 15 is 0 Å². The predicted octanol–water partition coefficient (Wildman–Crippen LogP) is 3.36. The minimum Gasteiger partial charge on any atom is -0.326 e. The third-order valence-electron chi connectivity index (χ3n) is 5.73. The van der Waals surface area contributed by atoms with Gasteiger partial charge in [-0.1, -0.05) is 36.4 Å². The first-order valence-electron chi connectivity index (χ1n) is 10.3. The van der Waals surface area contributed by atoms with Crippen molar-refractivity contribution in [3.8, 4) is 0 Å². The van der Waals surface area contributed by atoms with Crippen LogP contribution in [0, 0.1) is 5.92 Å². The van der Waals surface area contributed by atoms with Crippen LogP contribution in [0.15, 0.2) is 71.8 Å². The fraction of sp³-hybridized carbons (Fsp3) is 0.217. The van der Waals surface area contributed by atoms with Crippen LogP contribution in [0.4, 0.5) is 5.69 Å². The number of rotatable bonds is 4. The monoisotopic (exact) mass is 434 g/mol. The molecular weight excluding hydrogens is 412 g/mol. The standard InChI is InChI=1S/C23H22N4O3S/c28-23(18-7-4-12-24-14-18)26-19-11-10-17-15-25-27(21(17)13-19)31(29,30)22-9-3-6-16-5-1-2-8-20(16)22/h1-3,5-6,8-11,13,15,18,24H,4,7,12,14H2,(H,26,28)/t18-/m0/s1. The maximum absolute atomic E-state index is 13.5. The molecule has 1 aromatic heterocycles. The Morgan fingerprint density at radius 2 is 1.90 bits per heavy atom. The van der Waals surface area contributed by atoms with Crippen molar-refractivity contribution in [1.29, 1.82) is 0 Å². The van der Waals surface area contributed by atoms with Gasteiger partial charge in [-0.15, -0.1) is 0 Å². The number of benzene rings is 3. The predicted molar refractivity (Wildman–Crippen MR) is 120 cm³/mol. The summed E-state index contributed by atoms with van der Waals surface area (Å²) in [5, 5.41) is 12.5. The number of piperidine rings is 1. The minimum absolute atomic E-state index is 0.0606. The Labute approximate surface area is 180 Å². The minimum atomic E-state index is -3.93. The summed E-state index contributed by atoms with van der Waals surface area (Å²) in [4.78, 5) is 12.8. The number of nitrogens with zero attached hydrogens (tertiary/aromatic N) is 2. The molecule has 8 heteroatoms. The molecule has 0 radical (unpaired) electrons. The second-order valence-corrected chi connectivity index (χ2v) is 9.51. The number of aromatic nitrogens is 2. The van der Waals surface area contributed by atoms with Crippen molar-refractivity contribution in [2.75, 3.05) is 18.4 Å². The van der Waals surface area contributed by atoms with Gasteiger partial charge in [-0.3, -0.25) is 4.79 Å². The number of fused-ring (bicyclic) bond motifs is 2. The lowest BCUT2D eigenvalue weighted by atomic mass is 9.99. The fourth-order valence-electron chi connectivity index (χ4n) is 4.10. The number of anilines is 1. The number of carbonyl (C=O) groups excluding carboxylic acids is 1. The number of hydrogen-bond acceptors (Lipinski definition) is 5. The molecule has 0 saturated carbocycles. The summed E-state index contributed by atoms with van der Waals surface area (Å²) in [7, 11) is -3.93. The number of hydrogen-bond donors (Lipinski definition) is 2. The van der Waals surface area contributed by atoms with Gasteiger partial charge < -0.3 is 10.6 Å². The normalized spacial score (nSPS) is 17.1. The van der Waals surface area contributed by atoms with Gasteiger partial charge in [0.2, 0.25) is 5.91 Å². The molecule has 1 fully saturated rings. The third-order valence-corrected chi connectivity index (χ3v) is 7.39. The molecule has 7 nitrogen and oxygen atoms in total. The van der Waals surface area contributed by atoms with Gasteiger partial charge in [0.15, 0.2) is 0 Å². The Kier molecular flexibility index (Phi) is 4.95. The first-order valence-corrected chi connectivity index (χ1v) is 11.7. The SMILES string of the molecule is O=C(Nc1ccc2cnn(S(=O)(=O)c3cccc4ccccc34)c2c1)[C@H]1CCCNC1. The van der Waals surface area contributed by atoms with Crippen LogP contribution in [0.3, 0.4) is 0 Å². The molecule has 1 saturated heterocycles. The second kappa shape index (κ2) is 7.79. The zero-order chi connectivity index (χ0) is 21.4. The molecule has 4 aromatic rings. The van der Waals surface area contributed by atoms with Gasteiger partial charge in [0.1, 0.15) is 0 Å². The quantitative estimate of drug-likeness (QED) is 0.514. The van der Waals surface area contributed by atoms with Crippen molar-refractivity contribution < 1.29 is 13.2 Å². The van der Waals surface area contributed by atoms with E-state index in [0.29, 0.717) is 28.5 Å². The van der Waals surface area contributed by atoms with Crippen LogP contribution < -0.4 is 10.6 Å². The van der Waals surface area contributed by atoms with Crippen LogP contribution in [-0.4, -0.2) is 36.6 Å². The Hall–Kier alpha value is -3.23. The summed E-state index contributed by atoms with van der Waals surface area (Å²) in [5.41, 5.74) is 0.977. The van der Waals surface area contributed by atoms with Gasteiger partial charge in [-0.2, -0.15) is 17.6 Å². The van der Waals surface area contributed by atoms with E-state index in [1.165, 1.54) is 6.20 Å². The zero-order valence-corrected chi connectivity index (χ0v) is 17.6. The first kappa shape index (κ1) is 19.7. The maximum Gasteiger partial charge on any atom is 0.284 e. The summed E-state index contributed by atoms with van der Waals surface area (Å²) in [6, 6.07) is 17.8. The van der Waals surface area contributed by atoms with Crippen LogP contribution in [-0.2, 0) is 14.8 Å².